The highest BCUT2D eigenvalue weighted by Crippen LogP contribution is 2.36. The Morgan fingerprint density at radius 3 is 2.58 bits per heavy atom. The van der Waals surface area contributed by atoms with Crippen molar-refractivity contribution in [2.75, 3.05) is 23.3 Å². The van der Waals surface area contributed by atoms with E-state index in [0.29, 0.717) is 17.9 Å². The molecule has 0 saturated heterocycles. The molecule has 0 amide bonds. The summed E-state index contributed by atoms with van der Waals surface area (Å²) in [5, 5.41) is 3.62. The first-order chi connectivity index (χ1) is 9.17. The molecule has 1 N–H and O–H groups in total. The monoisotopic (exact) mass is 283 g/mol. The van der Waals surface area contributed by atoms with E-state index in [2.05, 4.69) is 45.9 Å². The van der Waals surface area contributed by atoms with Gasteiger partial charge in [0.1, 0.15) is 0 Å². The van der Waals surface area contributed by atoms with Crippen molar-refractivity contribution in [1.29, 1.82) is 0 Å². The summed E-state index contributed by atoms with van der Waals surface area (Å²) >= 11 is 5.98. The van der Waals surface area contributed by atoms with Gasteiger partial charge in [-0.3, -0.25) is 0 Å². The lowest BCUT2D eigenvalue weighted by Gasteiger charge is -2.18. The van der Waals surface area contributed by atoms with Crippen LogP contribution in [0, 0.1) is 5.92 Å². The van der Waals surface area contributed by atoms with Crippen molar-refractivity contribution in [3.8, 4) is 0 Å². The lowest BCUT2D eigenvalue weighted by Crippen LogP contribution is -2.25. The van der Waals surface area contributed by atoms with E-state index in [9.17, 15) is 0 Å². The highest BCUT2D eigenvalue weighted by Gasteiger charge is 2.36. The minimum Gasteiger partial charge on any atom is -0.351 e. The first kappa shape index (κ1) is 14.3. The number of halogens is 1. The Kier molecular flexibility index (Phi) is 4.80. The summed E-state index contributed by atoms with van der Waals surface area (Å²) in [6, 6.07) is 0.503. The third kappa shape index (κ3) is 3.69. The molecule has 1 aromatic rings. The normalized spacial score (nSPS) is 21.3. The standard InChI is InChI=1S/C13H22ClN5/c1-4-7-9-8-10(9)15-12-16-11(14)17-13(18-12)19(5-2)6-3/h9-10H,4-8H2,1-3H3,(H,15,16,17,18). The minimum atomic E-state index is 0.257. The van der Waals surface area contributed by atoms with Crippen LogP contribution in [0.25, 0.3) is 0 Å². The average Bonchev–Trinajstić information content (AvgIpc) is 3.08. The van der Waals surface area contributed by atoms with Gasteiger partial charge in [-0.1, -0.05) is 13.3 Å². The maximum atomic E-state index is 5.98. The van der Waals surface area contributed by atoms with Crippen molar-refractivity contribution < 1.29 is 0 Å². The lowest BCUT2D eigenvalue weighted by atomic mass is 10.2. The Morgan fingerprint density at radius 1 is 1.21 bits per heavy atom. The van der Waals surface area contributed by atoms with Crippen molar-refractivity contribution in [3.05, 3.63) is 5.28 Å². The fraction of sp³-hybridized carbons (Fsp3) is 0.769. The van der Waals surface area contributed by atoms with Gasteiger partial charge in [-0.15, -0.1) is 0 Å². The summed E-state index contributed by atoms with van der Waals surface area (Å²) in [4.78, 5) is 14.9. The average molecular weight is 284 g/mol. The molecule has 1 heterocycles. The van der Waals surface area contributed by atoms with Gasteiger partial charge >= 0.3 is 0 Å². The van der Waals surface area contributed by atoms with Crippen LogP contribution in [0.5, 0.6) is 0 Å². The second-order valence-electron chi connectivity index (χ2n) is 4.94. The van der Waals surface area contributed by atoms with Gasteiger partial charge in [0.15, 0.2) is 0 Å². The van der Waals surface area contributed by atoms with Crippen molar-refractivity contribution >= 4 is 23.5 Å². The van der Waals surface area contributed by atoms with E-state index in [4.69, 9.17) is 11.6 Å². The van der Waals surface area contributed by atoms with Crippen LogP contribution in [0.2, 0.25) is 5.28 Å². The maximum Gasteiger partial charge on any atom is 0.231 e. The summed E-state index contributed by atoms with van der Waals surface area (Å²) in [6.07, 6.45) is 3.70. The minimum absolute atomic E-state index is 0.257. The Bertz CT molecular complexity index is 421. The Balaban J connectivity index is 2.05. The second-order valence-corrected chi connectivity index (χ2v) is 5.27. The zero-order valence-corrected chi connectivity index (χ0v) is 12.6. The van der Waals surface area contributed by atoms with Gasteiger partial charge in [-0.2, -0.15) is 15.0 Å². The lowest BCUT2D eigenvalue weighted by molar-refractivity contribution is 0.690. The van der Waals surface area contributed by atoms with Gasteiger partial charge < -0.3 is 10.2 Å². The zero-order valence-electron chi connectivity index (χ0n) is 11.9. The molecule has 19 heavy (non-hydrogen) atoms. The van der Waals surface area contributed by atoms with Crippen LogP contribution in [-0.2, 0) is 0 Å². The van der Waals surface area contributed by atoms with Crippen molar-refractivity contribution in [3.63, 3.8) is 0 Å². The molecule has 6 heteroatoms. The van der Waals surface area contributed by atoms with Crippen LogP contribution in [0.3, 0.4) is 0 Å². The molecule has 2 unspecified atom stereocenters. The first-order valence-electron chi connectivity index (χ1n) is 7.10. The van der Waals surface area contributed by atoms with Gasteiger partial charge in [0.05, 0.1) is 0 Å². The summed E-state index contributed by atoms with van der Waals surface area (Å²) in [7, 11) is 0. The molecule has 2 rings (SSSR count). The second kappa shape index (κ2) is 6.37. The number of anilines is 2. The highest BCUT2D eigenvalue weighted by atomic mass is 35.5. The molecule has 0 aromatic carbocycles. The van der Waals surface area contributed by atoms with Crippen LogP contribution >= 0.6 is 11.6 Å². The molecule has 5 nitrogen and oxygen atoms in total. The molecule has 0 bridgehead atoms. The summed E-state index contributed by atoms with van der Waals surface area (Å²) in [6.45, 7) is 8.09. The van der Waals surface area contributed by atoms with Gasteiger partial charge in [-0.25, -0.2) is 0 Å². The van der Waals surface area contributed by atoms with Crippen molar-refractivity contribution in [1.82, 2.24) is 15.0 Å². The molecule has 1 aliphatic rings. The van der Waals surface area contributed by atoms with E-state index in [-0.39, 0.29) is 5.28 Å². The molecule has 1 aromatic heterocycles. The first-order valence-corrected chi connectivity index (χ1v) is 7.48. The van der Waals surface area contributed by atoms with Crippen LogP contribution < -0.4 is 10.2 Å². The van der Waals surface area contributed by atoms with E-state index >= 15 is 0 Å². The Hall–Kier alpha value is -1.10. The number of hydrogen-bond donors (Lipinski definition) is 1. The van der Waals surface area contributed by atoms with Crippen LogP contribution in [0.1, 0.15) is 40.0 Å². The number of hydrogen-bond acceptors (Lipinski definition) is 5. The van der Waals surface area contributed by atoms with E-state index in [1.807, 2.05) is 0 Å². The Morgan fingerprint density at radius 2 is 1.95 bits per heavy atom. The molecular weight excluding hydrogens is 262 g/mol. The third-order valence-electron chi connectivity index (χ3n) is 3.54. The maximum absolute atomic E-state index is 5.98. The van der Waals surface area contributed by atoms with Crippen molar-refractivity contribution in [2.45, 2.75) is 46.1 Å². The molecule has 1 aliphatic carbocycles. The molecule has 2 atom stereocenters. The van der Waals surface area contributed by atoms with Crippen LogP contribution in [-0.4, -0.2) is 34.1 Å². The van der Waals surface area contributed by atoms with Crippen molar-refractivity contribution in [2.24, 2.45) is 5.92 Å². The van der Waals surface area contributed by atoms with E-state index < -0.39 is 0 Å². The largest absolute Gasteiger partial charge is 0.351 e. The van der Waals surface area contributed by atoms with Gasteiger partial charge in [0.2, 0.25) is 17.2 Å². The van der Waals surface area contributed by atoms with Gasteiger partial charge in [0.25, 0.3) is 0 Å². The van der Waals surface area contributed by atoms with E-state index in [1.165, 1.54) is 19.3 Å². The fourth-order valence-electron chi connectivity index (χ4n) is 2.33. The third-order valence-corrected chi connectivity index (χ3v) is 3.71. The SMILES string of the molecule is CCCC1CC1Nc1nc(Cl)nc(N(CC)CC)n1. The highest BCUT2D eigenvalue weighted by molar-refractivity contribution is 6.28. The summed E-state index contributed by atoms with van der Waals surface area (Å²) in [5.41, 5.74) is 0. The topological polar surface area (TPSA) is 53.9 Å². The predicted molar refractivity (Wildman–Crippen MR) is 78.8 cm³/mol. The Labute approximate surface area is 119 Å². The molecule has 1 fully saturated rings. The number of rotatable bonds is 7. The summed E-state index contributed by atoms with van der Waals surface area (Å²) < 4.78 is 0. The summed E-state index contributed by atoms with van der Waals surface area (Å²) in [5.74, 6) is 2.02. The van der Waals surface area contributed by atoms with E-state index in [1.54, 1.807) is 0 Å². The van der Waals surface area contributed by atoms with E-state index in [0.717, 1.165) is 19.0 Å². The molecule has 0 aliphatic heterocycles. The molecule has 0 radical (unpaired) electrons. The molecule has 0 spiro atoms. The zero-order chi connectivity index (χ0) is 13.8. The quantitative estimate of drug-likeness (QED) is 0.834. The smallest absolute Gasteiger partial charge is 0.231 e. The number of nitrogens with one attached hydrogen (secondary N) is 1. The molecule has 1 saturated carbocycles. The van der Waals surface area contributed by atoms with Crippen LogP contribution in [0.15, 0.2) is 0 Å². The molecular formula is C13H22ClN5. The fourth-order valence-corrected chi connectivity index (χ4v) is 2.49. The van der Waals surface area contributed by atoms with Gasteiger partial charge in [-0.05, 0) is 44.2 Å². The van der Waals surface area contributed by atoms with Crippen LogP contribution in [0.4, 0.5) is 11.9 Å². The van der Waals surface area contributed by atoms with Gasteiger partial charge in [0, 0.05) is 19.1 Å². The predicted octanol–water partition coefficient (Wildman–Crippen LogP) is 2.97. The molecule has 106 valence electrons. The number of nitrogens with zero attached hydrogens (tertiary/aromatic N) is 4. The number of aromatic nitrogens is 3.